The van der Waals surface area contributed by atoms with Crippen LogP contribution in [-0.4, -0.2) is 33.4 Å². The van der Waals surface area contributed by atoms with Crippen LogP contribution in [0.3, 0.4) is 0 Å². The SMILES string of the molecule is CC(CCN)CN(C)c1ccc2c(c1)OCCO2. The molecule has 1 heterocycles. The zero-order chi connectivity index (χ0) is 13.0. The van der Waals surface area contributed by atoms with Gasteiger partial charge in [-0.2, -0.15) is 0 Å². The molecule has 0 saturated carbocycles. The van der Waals surface area contributed by atoms with Gasteiger partial charge in [-0.05, 0) is 31.0 Å². The van der Waals surface area contributed by atoms with Gasteiger partial charge in [0.15, 0.2) is 11.5 Å². The minimum Gasteiger partial charge on any atom is -0.486 e. The summed E-state index contributed by atoms with van der Waals surface area (Å²) in [5.41, 5.74) is 6.74. The van der Waals surface area contributed by atoms with Gasteiger partial charge in [-0.3, -0.25) is 0 Å². The quantitative estimate of drug-likeness (QED) is 0.867. The first-order valence-corrected chi connectivity index (χ1v) is 6.51. The first kappa shape index (κ1) is 13.0. The van der Waals surface area contributed by atoms with Gasteiger partial charge < -0.3 is 20.1 Å². The molecule has 1 aromatic carbocycles. The summed E-state index contributed by atoms with van der Waals surface area (Å²) in [5.74, 6) is 2.28. The van der Waals surface area contributed by atoms with Crippen LogP contribution in [0.15, 0.2) is 18.2 Å². The summed E-state index contributed by atoms with van der Waals surface area (Å²) in [6.07, 6.45) is 1.05. The van der Waals surface area contributed by atoms with Gasteiger partial charge in [-0.15, -0.1) is 0 Å². The molecule has 0 radical (unpaired) electrons. The van der Waals surface area contributed by atoms with Gasteiger partial charge in [-0.1, -0.05) is 6.92 Å². The van der Waals surface area contributed by atoms with Gasteiger partial charge in [0.25, 0.3) is 0 Å². The largest absolute Gasteiger partial charge is 0.486 e. The predicted octanol–water partition coefficient (Wildman–Crippen LogP) is 1.88. The van der Waals surface area contributed by atoms with Gasteiger partial charge in [0.2, 0.25) is 0 Å². The van der Waals surface area contributed by atoms with Crippen LogP contribution in [0.1, 0.15) is 13.3 Å². The number of anilines is 1. The average molecular weight is 250 g/mol. The Kier molecular flexibility index (Phi) is 4.31. The van der Waals surface area contributed by atoms with E-state index in [1.165, 1.54) is 0 Å². The fraction of sp³-hybridized carbons (Fsp3) is 0.571. The lowest BCUT2D eigenvalue weighted by molar-refractivity contribution is 0.171. The van der Waals surface area contributed by atoms with E-state index in [-0.39, 0.29) is 0 Å². The zero-order valence-corrected chi connectivity index (χ0v) is 11.2. The van der Waals surface area contributed by atoms with Crippen LogP contribution in [0, 0.1) is 5.92 Å². The molecule has 4 heteroatoms. The predicted molar refractivity (Wildman–Crippen MR) is 73.5 cm³/mol. The fourth-order valence-electron chi connectivity index (χ4n) is 2.22. The Morgan fingerprint density at radius 1 is 1.28 bits per heavy atom. The van der Waals surface area contributed by atoms with Crippen molar-refractivity contribution >= 4 is 5.69 Å². The van der Waals surface area contributed by atoms with E-state index in [9.17, 15) is 0 Å². The summed E-state index contributed by atoms with van der Waals surface area (Å²) in [4.78, 5) is 2.23. The zero-order valence-electron chi connectivity index (χ0n) is 11.2. The lowest BCUT2D eigenvalue weighted by Gasteiger charge is -2.25. The molecule has 1 aliphatic heterocycles. The summed E-state index contributed by atoms with van der Waals surface area (Å²) < 4.78 is 11.1. The Morgan fingerprint density at radius 2 is 2.00 bits per heavy atom. The van der Waals surface area contributed by atoms with Crippen molar-refractivity contribution in [1.29, 1.82) is 0 Å². The van der Waals surface area contributed by atoms with E-state index in [1.807, 2.05) is 12.1 Å². The molecule has 1 aliphatic rings. The van der Waals surface area contributed by atoms with Crippen LogP contribution in [0.2, 0.25) is 0 Å². The smallest absolute Gasteiger partial charge is 0.163 e. The second-order valence-electron chi connectivity index (χ2n) is 4.89. The highest BCUT2D eigenvalue weighted by molar-refractivity contribution is 5.56. The number of hydrogen-bond acceptors (Lipinski definition) is 4. The van der Waals surface area contributed by atoms with Crippen LogP contribution < -0.4 is 20.1 Å². The maximum atomic E-state index is 5.60. The number of ether oxygens (including phenoxy) is 2. The molecule has 2 N–H and O–H groups in total. The minimum atomic E-state index is 0.591. The van der Waals surface area contributed by atoms with Gasteiger partial charge >= 0.3 is 0 Å². The highest BCUT2D eigenvalue weighted by atomic mass is 16.6. The normalized spacial score (nSPS) is 15.3. The summed E-state index contributed by atoms with van der Waals surface area (Å²) in [6, 6.07) is 6.10. The van der Waals surface area contributed by atoms with Crippen molar-refractivity contribution < 1.29 is 9.47 Å². The van der Waals surface area contributed by atoms with Crippen LogP contribution in [0.5, 0.6) is 11.5 Å². The third-order valence-electron chi connectivity index (χ3n) is 3.21. The molecule has 0 amide bonds. The third kappa shape index (κ3) is 3.07. The highest BCUT2D eigenvalue weighted by Gasteiger charge is 2.14. The fourth-order valence-corrected chi connectivity index (χ4v) is 2.22. The lowest BCUT2D eigenvalue weighted by atomic mass is 10.1. The lowest BCUT2D eigenvalue weighted by Crippen LogP contribution is -2.25. The molecule has 1 atom stereocenters. The maximum absolute atomic E-state index is 5.60. The minimum absolute atomic E-state index is 0.591. The van der Waals surface area contributed by atoms with E-state index in [4.69, 9.17) is 15.2 Å². The molecule has 0 bridgehead atoms. The summed E-state index contributed by atoms with van der Waals surface area (Å²) >= 11 is 0. The molecule has 0 aliphatic carbocycles. The van der Waals surface area contributed by atoms with E-state index >= 15 is 0 Å². The van der Waals surface area contributed by atoms with Crippen molar-refractivity contribution in [1.82, 2.24) is 0 Å². The summed E-state index contributed by atoms with van der Waals surface area (Å²) in [6.45, 7) is 5.23. The molecule has 2 rings (SSSR count). The van der Waals surface area contributed by atoms with Crippen LogP contribution >= 0.6 is 0 Å². The molecule has 1 unspecified atom stereocenters. The first-order valence-electron chi connectivity index (χ1n) is 6.51. The Bertz CT molecular complexity index is 395. The van der Waals surface area contributed by atoms with Crippen LogP contribution in [-0.2, 0) is 0 Å². The average Bonchev–Trinajstić information content (AvgIpc) is 2.38. The van der Waals surface area contributed by atoms with E-state index in [0.717, 1.165) is 36.7 Å². The van der Waals surface area contributed by atoms with Gasteiger partial charge in [0.1, 0.15) is 13.2 Å². The molecule has 1 aromatic rings. The highest BCUT2D eigenvalue weighted by Crippen LogP contribution is 2.33. The van der Waals surface area contributed by atoms with Gasteiger partial charge in [0.05, 0.1) is 0 Å². The first-order chi connectivity index (χ1) is 8.70. The Morgan fingerprint density at radius 3 is 2.72 bits per heavy atom. The van der Waals surface area contributed by atoms with Crippen LogP contribution in [0.25, 0.3) is 0 Å². The second-order valence-corrected chi connectivity index (χ2v) is 4.89. The molecular formula is C14H22N2O2. The van der Waals surface area contributed by atoms with Crippen molar-refractivity contribution in [2.24, 2.45) is 11.7 Å². The number of rotatable bonds is 5. The number of benzene rings is 1. The Hall–Kier alpha value is -1.42. The van der Waals surface area contributed by atoms with Crippen LogP contribution in [0.4, 0.5) is 5.69 Å². The molecule has 0 aromatic heterocycles. The molecule has 0 fully saturated rings. The van der Waals surface area contributed by atoms with E-state index in [2.05, 4.69) is 24.9 Å². The molecule has 100 valence electrons. The van der Waals surface area contributed by atoms with E-state index in [1.54, 1.807) is 0 Å². The number of hydrogen-bond donors (Lipinski definition) is 1. The van der Waals surface area contributed by atoms with Crippen molar-refractivity contribution in [3.63, 3.8) is 0 Å². The number of fused-ring (bicyclic) bond motifs is 1. The van der Waals surface area contributed by atoms with Gasteiger partial charge in [0, 0.05) is 25.3 Å². The van der Waals surface area contributed by atoms with Crippen molar-refractivity contribution in [3.8, 4) is 11.5 Å². The molecule has 0 saturated heterocycles. The molecule has 4 nitrogen and oxygen atoms in total. The van der Waals surface area contributed by atoms with Gasteiger partial charge in [-0.25, -0.2) is 0 Å². The van der Waals surface area contributed by atoms with Crippen molar-refractivity contribution in [3.05, 3.63) is 18.2 Å². The topological polar surface area (TPSA) is 47.7 Å². The third-order valence-corrected chi connectivity index (χ3v) is 3.21. The van der Waals surface area contributed by atoms with E-state index < -0.39 is 0 Å². The molecule has 18 heavy (non-hydrogen) atoms. The standard InChI is InChI=1S/C14H22N2O2/c1-11(5-6-15)10-16(2)12-3-4-13-14(9-12)18-8-7-17-13/h3-4,9,11H,5-8,10,15H2,1-2H3. The number of nitrogens with two attached hydrogens (primary N) is 1. The molecular weight excluding hydrogens is 228 g/mol. The van der Waals surface area contributed by atoms with Crippen molar-refractivity contribution in [2.75, 3.05) is 38.3 Å². The maximum Gasteiger partial charge on any atom is 0.163 e. The second kappa shape index (κ2) is 5.96. The Labute approximate surface area is 109 Å². The monoisotopic (exact) mass is 250 g/mol. The Balaban J connectivity index is 2.04. The summed E-state index contributed by atoms with van der Waals surface area (Å²) in [5, 5.41) is 0. The summed E-state index contributed by atoms with van der Waals surface area (Å²) in [7, 11) is 2.10. The number of nitrogens with zero attached hydrogens (tertiary/aromatic N) is 1. The molecule has 0 spiro atoms. The van der Waals surface area contributed by atoms with E-state index in [0.29, 0.717) is 19.1 Å². The van der Waals surface area contributed by atoms with Crippen molar-refractivity contribution in [2.45, 2.75) is 13.3 Å².